The van der Waals surface area contributed by atoms with Crippen LogP contribution >= 0.6 is 0 Å². The van der Waals surface area contributed by atoms with E-state index in [0.29, 0.717) is 11.5 Å². The van der Waals surface area contributed by atoms with Crippen molar-refractivity contribution >= 4 is 11.9 Å². The van der Waals surface area contributed by atoms with E-state index in [1.54, 1.807) is 0 Å². The second-order valence-corrected chi connectivity index (χ2v) is 5.94. The Morgan fingerprint density at radius 3 is 2.68 bits per heavy atom. The second-order valence-electron chi connectivity index (χ2n) is 5.94. The number of hydrogen-bond donors (Lipinski definition) is 0. The molecule has 0 unspecified atom stereocenters. The van der Waals surface area contributed by atoms with Crippen molar-refractivity contribution in [2.45, 2.75) is 25.9 Å². The Morgan fingerprint density at radius 1 is 1.18 bits per heavy atom. The highest BCUT2D eigenvalue weighted by atomic mass is 16.5. The Kier molecular flexibility index (Phi) is 4.27. The molecule has 0 aromatic heterocycles. The molecule has 22 heavy (non-hydrogen) atoms. The monoisotopic (exact) mass is 300 g/mol. The van der Waals surface area contributed by atoms with E-state index < -0.39 is 11.9 Å². The van der Waals surface area contributed by atoms with Crippen LogP contribution in [0.3, 0.4) is 0 Å². The number of methoxy groups -OCH3 is 1. The molecular weight excluding hydrogens is 280 g/mol. The largest absolute Gasteiger partial charge is 0.466 e. The molecule has 0 aliphatic heterocycles. The van der Waals surface area contributed by atoms with Crippen LogP contribution in [0.15, 0.2) is 42.0 Å². The highest BCUT2D eigenvalue weighted by Crippen LogP contribution is 2.47. The Labute approximate surface area is 130 Å². The third-order valence-electron chi connectivity index (χ3n) is 4.68. The second kappa shape index (κ2) is 6.34. The predicted octanol–water partition coefficient (Wildman–Crippen LogP) is 2.88. The van der Waals surface area contributed by atoms with Gasteiger partial charge in [-0.15, -0.1) is 0 Å². The minimum Gasteiger partial charge on any atom is -0.466 e. The highest BCUT2D eigenvalue weighted by Gasteiger charge is 2.47. The number of rotatable bonds is 4. The molecule has 2 aliphatic carbocycles. The standard InChI is InChI=1S/C18H20O4/c1-21-17(19)15-10-13-8-5-9-14(13)16(15)18(20)22-11-12-6-3-2-4-7-12/h2-4,6-7,10,13-14,16H,5,8-9,11H2,1H3/t13-,14-,16+/m1/s1. The van der Waals surface area contributed by atoms with Gasteiger partial charge in [-0.1, -0.05) is 42.8 Å². The van der Waals surface area contributed by atoms with E-state index in [1.807, 2.05) is 36.4 Å². The van der Waals surface area contributed by atoms with Crippen LogP contribution in [-0.4, -0.2) is 19.0 Å². The first-order chi connectivity index (χ1) is 10.7. The molecule has 3 rings (SSSR count). The minimum atomic E-state index is -0.469. The molecule has 0 saturated heterocycles. The van der Waals surface area contributed by atoms with Gasteiger partial charge < -0.3 is 9.47 Å². The molecule has 1 aromatic carbocycles. The molecule has 4 nitrogen and oxygen atoms in total. The van der Waals surface area contributed by atoms with Crippen LogP contribution in [0.25, 0.3) is 0 Å². The summed E-state index contributed by atoms with van der Waals surface area (Å²) in [5, 5.41) is 0. The van der Waals surface area contributed by atoms with Gasteiger partial charge in [-0.2, -0.15) is 0 Å². The molecule has 1 fully saturated rings. The zero-order valence-electron chi connectivity index (χ0n) is 12.7. The zero-order chi connectivity index (χ0) is 15.5. The number of esters is 2. The summed E-state index contributed by atoms with van der Waals surface area (Å²) < 4.78 is 10.3. The SMILES string of the molecule is COC(=O)C1=C[C@H]2CCC[C@H]2[C@@H]1C(=O)OCc1ccccc1. The van der Waals surface area contributed by atoms with Gasteiger partial charge in [-0.3, -0.25) is 4.79 Å². The molecule has 0 amide bonds. The maximum atomic E-state index is 12.5. The Morgan fingerprint density at radius 2 is 1.95 bits per heavy atom. The van der Waals surface area contributed by atoms with E-state index in [9.17, 15) is 9.59 Å². The summed E-state index contributed by atoms with van der Waals surface area (Å²) in [5.41, 5.74) is 1.43. The summed E-state index contributed by atoms with van der Waals surface area (Å²) in [6, 6.07) is 9.56. The van der Waals surface area contributed by atoms with Crippen LogP contribution in [-0.2, 0) is 25.7 Å². The average Bonchev–Trinajstić information content (AvgIpc) is 3.13. The number of carbonyl (C=O) groups is 2. The van der Waals surface area contributed by atoms with Crippen LogP contribution < -0.4 is 0 Å². The van der Waals surface area contributed by atoms with Crippen molar-refractivity contribution in [2.75, 3.05) is 7.11 Å². The lowest BCUT2D eigenvalue weighted by Crippen LogP contribution is -2.28. The van der Waals surface area contributed by atoms with Crippen molar-refractivity contribution in [3.8, 4) is 0 Å². The summed E-state index contributed by atoms with van der Waals surface area (Å²) in [4.78, 5) is 24.5. The van der Waals surface area contributed by atoms with Gasteiger partial charge >= 0.3 is 11.9 Å². The summed E-state index contributed by atoms with van der Waals surface area (Å²) >= 11 is 0. The number of benzene rings is 1. The van der Waals surface area contributed by atoms with Gasteiger partial charge in [0.15, 0.2) is 0 Å². The van der Waals surface area contributed by atoms with E-state index >= 15 is 0 Å². The lowest BCUT2D eigenvalue weighted by atomic mass is 9.88. The minimum absolute atomic E-state index is 0.192. The van der Waals surface area contributed by atoms with Gasteiger partial charge in [0.25, 0.3) is 0 Å². The van der Waals surface area contributed by atoms with Gasteiger partial charge in [-0.25, -0.2) is 4.79 Å². The first-order valence-electron chi connectivity index (χ1n) is 7.71. The molecule has 2 aliphatic rings. The molecule has 1 saturated carbocycles. The molecule has 0 bridgehead atoms. The van der Waals surface area contributed by atoms with Crippen molar-refractivity contribution in [3.63, 3.8) is 0 Å². The molecule has 3 atom stereocenters. The van der Waals surface area contributed by atoms with E-state index in [2.05, 4.69) is 0 Å². The van der Waals surface area contributed by atoms with Gasteiger partial charge in [0, 0.05) is 5.57 Å². The quantitative estimate of drug-likeness (QED) is 0.802. The van der Waals surface area contributed by atoms with Gasteiger partial charge in [0.1, 0.15) is 6.61 Å². The summed E-state index contributed by atoms with van der Waals surface area (Å²) in [5.74, 6) is -0.685. The van der Waals surface area contributed by atoms with Crippen LogP contribution in [0.1, 0.15) is 24.8 Å². The first-order valence-corrected chi connectivity index (χ1v) is 7.71. The van der Waals surface area contributed by atoms with Crippen LogP contribution in [0.5, 0.6) is 0 Å². The lowest BCUT2D eigenvalue weighted by Gasteiger charge is -2.20. The number of carbonyl (C=O) groups excluding carboxylic acids is 2. The van der Waals surface area contributed by atoms with Crippen molar-refractivity contribution in [3.05, 3.63) is 47.5 Å². The van der Waals surface area contributed by atoms with E-state index in [1.165, 1.54) is 7.11 Å². The fourth-order valence-corrected chi connectivity index (χ4v) is 3.64. The molecular formula is C18H20O4. The summed E-state index contributed by atoms with van der Waals surface area (Å²) in [7, 11) is 1.35. The van der Waals surface area contributed by atoms with E-state index in [4.69, 9.17) is 9.47 Å². The number of allylic oxidation sites excluding steroid dienone is 1. The third kappa shape index (κ3) is 2.78. The number of ether oxygens (including phenoxy) is 2. The summed E-state index contributed by atoms with van der Waals surface area (Å²) in [6.07, 6.45) is 5.03. The smallest absolute Gasteiger partial charge is 0.334 e. The zero-order valence-corrected chi connectivity index (χ0v) is 12.7. The number of hydrogen-bond acceptors (Lipinski definition) is 4. The number of fused-ring (bicyclic) bond motifs is 1. The topological polar surface area (TPSA) is 52.6 Å². The van der Waals surface area contributed by atoms with Crippen molar-refractivity contribution in [2.24, 2.45) is 17.8 Å². The van der Waals surface area contributed by atoms with Crippen molar-refractivity contribution < 1.29 is 19.1 Å². The maximum Gasteiger partial charge on any atom is 0.334 e. The fourth-order valence-electron chi connectivity index (χ4n) is 3.64. The fraction of sp³-hybridized carbons (Fsp3) is 0.444. The van der Waals surface area contributed by atoms with Gasteiger partial charge in [0.05, 0.1) is 13.0 Å². The highest BCUT2D eigenvalue weighted by molar-refractivity contribution is 5.96. The van der Waals surface area contributed by atoms with Gasteiger partial charge in [-0.05, 0) is 30.2 Å². The van der Waals surface area contributed by atoms with E-state index in [0.717, 1.165) is 24.8 Å². The van der Waals surface area contributed by atoms with Crippen LogP contribution in [0, 0.1) is 17.8 Å². The molecule has 0 heterocycles. The molecule has 0 N–H and O–H groups in total. The molecule has 0 radical (unpaired) electrons. The van der Waals surface area contributed by atoms with Crippen LogP contribution in [0.4, 0.5) is 0 Å². The molecule has 1 aromatic rings. The average molecular weight is 300 g/mol. The lowest BCUT2D eigenvalue weighted by molar-refractivity contribution is -0.152. The first kappa shape index (κ1) is 14.8. The van der Waals surface area contributed by atoms with E-state index in [-0.39, 0.29) is 18.5 Å². The van der Waals surface area contributed by atoms with Gasteiger partial charge in [0.2, 0.25) is 0 Å². The van der Waals surface area contributed by atoms with Crippen molar-refractivity contribution in [1.82, 2.24) is 0 Å². The maximum absolute atomic E-state index is 12.5. The van der Waals surface area contributed by atoms with Crippen molar-refractivity contribution in [1.29, 1.82) is 0 Å². The molecule has 116 valence electrons. The normalized spacial score (nSPS) is 26.2. The Hall–Kier alpha value is -2.10. The third-order valence-corrected chi connectivity index (χ3v) is 4.68. The Bertz CT molecular complexity index is 590. The Balaban J connectivity index is 1.72. The van der Waals surface area contributed by atoms with Crippen LogP contribution in [0.2, 0.25) is 0 Å². The molecule has 0 spiro atoms. The molecule has 4 heteroatoms. The predicted molar refractivity (Wildman–Crippen MR) is 80.7 cm³/mol. The summed E-state index contributed by atoms with van der Waals surface area (Å²) in [6.45, 7) is 0.238.